The molecule has 3 heterocycles. The number of nitrogens with one attached hydrogen (secondary N) is 1. The summed E-state index contributed by atoms with van der Waals surface area (Å²) >= 11 is 0. The highest BCUT2D eigenvalue weighted by Gasteiger charge is 2.42. The molecule has 0 aliphatic carbocycles. The molecule has 150 valence electrons. The Morgan fingerprint density at radius 3 is 2.78 bits per heavy atom. The van der Waals surface area contributed by atoms with Crippen LogP contribution in [0.1, 0.15) is 33.4 Å². The van der Waals surface area contributed by atoms with Crippen molar-refractivity contribution in [2.24, 2.45) is 5.90 Å². The summed E-state index contributed by atoms with van der Waals surface area (Å²) < 4.78 is 14.1. The second-order valence-electron chi connectivity index (χ2n) is 8.39. The van der Waals surface area contributed by atoms with Crippen LogP contribution in [0.5, 0.6) is 0 Å². The Balaban J connectivity index is 1.80. The molecule has 1 fully saturated rings. The van der Waals surface area contributed by atoms with E-state index >= 15 is 0 Å². The van der Waals surface area contributed by atoms with Gasteiger partial charge in [-0.1, -0.05) is 20.8 Å². The average molecular weight is 397 g/mol. The van der Waals surface area contributed by atoms with Crippen LogP contribution in [-0.2, 0) is 14.0 Å². The summed E-state index contributed by atoms with van der Waals surface area (Å²) in [5, 5.41) is 0.0904. The third-order valence-corrected chi connectivity index (χ3v) is 10.0. The van der Waals surface area contributed by atoms with Crippen LogP contribution in [0.3, 0.4) is 0 Å². The Kier molecular flexibility index (Phi) is 5.16. The van der Waals surface area contributed by atoms with E-state index in [0.29, 0.717) is 18.7 Å². The van der Waals surface area contributed by atoms with Crippen molar-refractivity contribution < 1.29 is 14.0 Å². The van der Waals surface area contributed by atoms with Gasteiger partial charge in [-0.05, 0) is 18.1 Å². The van der Waals surface area contributed by atoms with Crippen molar-refractivity contribution in [3.8, 4) is 0 Å². The van der Waals surface area contributed by atoms with Crippen molar-refractivity contribution in [1.29, 1.82) is 0 Å². The SMILES string of the molecule is CC(C)(C)[Si](C)(C)OC[C@H]1O[C@@H](n2cnc3c(=O)[nH]c(N)nc32)C[C@@H]1ON. The van der Waals surface area contributed by atoms with Crippen LogP contribution in [0.4, 0.5) is 5.95 Å². The molecule has 0 aromatic carbocycles. The van der Waals surface area contributed by atoms with Gasteiger partial charge in [-0.3, -0.25) is 19.2 Å². The van der Waals surface area contributed by atoms with E-state index in [1.54, 1.807) is 4.57 Å². The van der Waals surface area contributed by atoms with Gasteiger partial charge in [-0.2, -0.15) is 4.98 Å². The van der Waals surface area contributed by atoms with E-state index in [1.165, 1.54) is 6.33 Å². The molecule has 2 aromatic rings. The molecule has 5 N–H and O–H groups in total. The number of nitrogen functional groups attached to an aromatic ring is 1. The molecule has 0 unspecified atom stereocenters. The molecular weight excluding hydrogens is 368 g/mol. The second-order valence-corrected chi connectivity index (χ2v) is 13.2. The number of ether oxygens (including phenoxy) is 1. The monoisotopic (exact) mass is 396 g/mol. The molecule has 2 aromatic heterocycles. The zero-order valence-electron chi connectivity index (χ0n) is 16.4. The van der Waals surface area contributed by atoms with Gasteiger partial charge in [0, 0.05) is 6.42 Å². The van der Waals surface area contributed by atoms with Crippen molar-refractivity contribution >= 4 is 25.4 Å². The van der Waals surface area contributed by atoms with Crippen molar-refractivity contribution in [3.05, 3.63) is 16.7 Å². The van der Waals surface area contributed by atoms with Gasteiger partial charge >= 0.3 is 0 Å². The zero-order chi connectivity index (χ0) is 20.0. The molecule has 0 radical (unpaired) electrons. The standard InChI is InChI=1S/C16H28N6O4Si/c1-16(2,3)27(4,5)24-7-10-9(26-18)6-11(25-10)22-8-19-12-13(22)20-15(17)21-14(12)23/h8-11H,6-7,18H2,1-5H3,(H3,17,20,21,23)/t9-,10+,11+/m0/s1. The maximum Gasteiger partial charge on any atom is 0.280 e. The molecule has 1 aliphatic rings. The maximum atomic E-state index is 12.0. The van der Waals surface area contributed by atoms with E-state index in [1.807, 2.05) is 0 Å². The Labute approximate surface area is 158 Å². The normalized spacial score (nSPS) is 24.0. The van der Waals surface area contributed by atoms with Gasteiger partial charge in [0.1, 0.15) is 18.4 Å². The minimum Gasteiger partial charge on any atom is -0.414 e. The number of aromatic amines is 1. The van der Waals surface area contributed by atoms with E-state index < -0.39 is 20.1 Å². The number of H-pyrrole nitrogens is 1. The number of fused-ring (bicyclic) bond motifs is 1. The molecule has 0 spiro atoms. The Morgan fingerprint density at radius 2 is 2.15 bits per heavy atom. The van der Waals surface area contributed by atoms with Crippen molar-refractivity contribution in [2.45, 2.75) is 63.8 Å². The lowest BCUT2D eigenvalue weighted by atomic mass is 10.2. The predicted molar refractivity (Wildman–Crippen MR) is 103 cm³/mol. The number of rotatable bonds is 5. The van der Waals surface area contributed by atoms with Crippen molar-refractivity contribution in [3.63, 3.8) is 0 Å². The van der Waals surface area contributed by atoms with Gasteiger partial charge in [0.05, 0.1) is 12.9 Å². The van der Waals surface area contributed by atoms with Gasteiger partial charge in [0.25, 0.3) is 5.56 Å². The fourth-order valence-corrected chi connectivity index (χ4v) is 3.84. The van der Waals surface area contributed by atoms with Crippen molar-refractivity contribution in [1.82, 2.24) is 19.5 Å². The Morgan fingerprint density at radius 1 is 1.44 bits per heavy atom. The molecule has 0 saturated carbocycles. The minimum absolute atomic E-state index is 0.0247. The number of anilines is 1. The zero-order valence-corrected chi connectivity index (χ0v) is 17.4. The third-order valence-electron chi connectivity index (χ3n) is 5.53. The second kappa shape index (κ2) is 6.98. The number of hydrogen-bond donors (Lipinski definition) is 3. The fourth-order valence-electron chi connectivity index (χ4n) is 2.83. The summed E-state index contributed by atoms with van der Waals surface area (Å²) in [7, 11) is -1.93. The first-order valence-electron chi connectivity index (χ1n) is 8.91. The molecule has 0 bridgehead atoms. The van der Waals surface area contributed by atoms with Gasteiger partial charge in [-0.15, -0.1) is 0 Å². The summed E-state index contributed by atoms with van der Waals surface area (Å²) in [4.78, 5) is 27.8. The molecular formula is C16H28N6O4Si. The first-order chi connectivity index (χ1) is 12.5. The van der Waals surface area contributed by atoms with E-state index in [4.69, 9.17) is 25.6 Å². The van der Waals surface area contributed by atoms with Gasteiger partial charge in [0.15, 0.2) is 19.5 Å². The highest BCUT2D eigenvalue weighted by molar-refractivity contribution is 6.74. The predicted octanol–water partition coefficient (Wildman–Crippen LogP) is 1.27. The summed E-state index contributed by atoms with van der Waals surface area (Å²) in [5.41, 5.74) is 5.84. The van der Waals surface area contributed by atoms with Gasteiger partial charge < -0.3 is 14.9 Å². The lowest BCUT2D eigenvalue weighted by Gasteiger charge is -2.37. The summed E-state index contributed by atoms with van der Waals surface area (Å²) in [5.74, 6) is 5.51. The number of nitrogens with two attached hydrogens (primary N) is 2. The van der Waals surface area contributed by atoms with Crippen LogP contribution in [0, 0.1) is 0 Å². The number of nitrogens with zero attached hydrogens (tertiary/aromatic N) is 3. The van der Waals surface area contributed by atoms with Gasteiger partial charge in [0.2, 0.25) is 5.95 Å². The van der Waals surface area contributed by atoms with Gasteiger partial charge in [-0.25, -0.2) is 10.9 Å². The highest BCUT2D eigenvalue weighted by Crippen LogP contribution is 2.38. The smallest absolute Gasteiger partial charge is 0.280 e. The summed E-state index contributed by atoms with van der Waals surface area (Å²) in [6, 6.07) is 0. The van der Waals surface area contributed by atoms with Crippen LogP contribution >= 0.6 is 0 Å². The van der Waals surface area contributed by atoms with Crippen LogP contribution in [0.15, 0.2) is 11.1 Å². The first-order valence-corrected chi connectivity index (χ1v) is 11.8. The number of imidazole rings is 1. The number of hydrogen-bond acceptors (Lipinski definition) is 8. The topological polar surface area (TPSA) is 143 Å². The van der Waals surface area contributed by atoms with Crippen LogP contribution in [-0.4, -0.2) is 46.7 Å². The minimum atomic E-state index is -1.93. The molecule has 3 rings (SSSR count). The lowest BCUT2D eigenvalue weighted by molar-refractivity contribution is -0.0587. The summed E-state index contributed by atoms with van der Waals surface area (Å²) in [6.07, 6.45) is 0.913. The Bertz CT molecular complexity index is 874. The van der Waals surface area contributed by atoms with Crippen LogP contribution in [0.25, 0.3) is 11.2 Å². The molecule has 11 heteroatoms. The van der Waals surface area contributed by atoms with E-state index in [9.17, 15) is 4.79 Å². The lowest BCUT2D eigenvalue weighted by Crippen LogP contribution is -2.44. The van der Waals surface area contributed by atoms with E-state index in [2.05, 4.69) is 48.8 Å². The third kappa shape index (κ3) is 3.78. The highest BCUT2D eigenvalue weighted by atomic mass is 28.4. The molecule has 1 aliphatic heterocycles. The largest absolute Gasteiger partial charge is 0.414 e. The average Bonchev–Trinajstić information content (AvgIpc) is 3.15. The van der Waals surface area contributed by atoms with Crippen LogP contribution in [0.2, 0.25) is 18.1 Å². The first kappa shape index (κ1) is 20.0. The molecule has 1 saturated heterocycles. The van der Waals surface area contributed by atoms with Crippen LogP contribution < -0.4 is 17.2 Å². The fraction of sp³-hybridized carbons (Fsp3) is 0.688. The van der Waals surface area contributed by atoms with E-state index in [0.717, 1.165) is 0 Å². The molecule has 27 heavy (non-hydrogen) atoms. The summed E-state index contributed by atoms with van der Waals surface area (Å²) in [6.45, 7) is 11.3. The molecule has 10 nitrogen and oxygen atoms in total. The van der Waals surface area contributed by atoms with E-state index in [-0.39, 0.29) is 28.7 Å². The number of aromatic nitrogens is 4. The molecule has 0 amide bonds. The quantitative estimate of drug-likeness (QED) is 0.506. The Hall–Kier alpha value is -1.79. The maximum absolute atomic E-state index is 12.0. The van der Waals surface area contributed by atoms with Crippen molar-refractivity contribution in [2.75, 3.05) is 12.3 Å². The molecule has 3 atom stereocenters.